The van der Waals surface area contributed by atoms with Crippen LogP contribution in [0.5, 0.6) is 0 Å². The van der Waals surface area contributed by atoms with Gasteiger partial charge in [-0.25, -0.2) is 4.79 Å². The summed E-state index contributed by atoms with van der Waals surface area (Å²) in [6.07, 6.45) is 0. The average Bonchev–Trinajstić information content (AvgIpc) is 2.46. The van der Waals surface area contributed by atoms with Gasteiger partial charge in [0.1, 0.15) is 0 Å². The highest BCUT2D eigenvalue weighted by Gasteiger charge is 2.21. The van der Waals surface area contributed by atoms with Crippen molar-refractivity contribution in [3.05, 3.63) is 64.2 Å². The van der Waals surface area contributed by atoms with Crippen LogP contribution in [-0.4, -0.2) is 18.1 Å². The zero-order valence-corrected chi connectivity index (χ0v) is 13.1. The Morgan fingerprint density at radius 3 is 2.48 bits per heavy atom. The number of carboxylic acid groups (broad SMARTS) is 1. The van der Waals surface area contributed by atoms with Gasteiger partial charge in [-0.15, -0.1) is 0 Å². The fourth-order valence-electron chi connectivity index (χ4n) is 2.52. The monoisotopic (exact) mass is 303 g/mol. The molecule has 0 aliphatic heterocycles. The molecule has 3 nitrogen and oxygen atoms in total. The highest BCUT2D eigenvalue weighted by molar-refractivity contribution is 6.31. The Bertz CT molecular complexity index is 670. The van der Waals surface area contributed by atoms with Gasteiger partial charge in [0.05, 0.1) is 17.3 Å². The number of anilines is 1. The van der Waals surface area contributed by atoms with Gasteiger partial charge >= 0.3 is 5.97 Å². The SMILES string of the molecule is Cc1cccc(C(=O)O)c1N(C)C(C)c1ccccc1Cl. The second-order valence-electron chi connectivity index (χ2n) is 5.08. The summed E-state index contributed by atoms with van der Waals surface area (Å²) < 4.78 is 0. The first kappa shape index (κ1) is 15.4. The van der Waals surface area contributed by atoms with Crippen molar-refractivity contribution in [2.75, 3.05) is 11.9 Å². The largest absolute Gasteiger partial charge is 0.478 e. The standard InChI is InChI=1S/C17H18ClNO2/c1-11-7-6-9-14(17(20)21)16(11)19(3)12(2)13-8-4-5-10-15(13)18/h4-10,12H,1-3H3,(H,20,21). The number of hydrogen-bond acceptors (Lipinski definition) is 2. The van der Waals surface area contributed by atoms with Crippen molar-refractivity contribution in [1.82, 2.24) is 0 Å². The molecule has 2 aromatic rings. The van der Waals surface area contributed by atoms with Gasteiger partial charge in [0, 0.05) is 12.1 Å². The number of hydrogen-bond donors (Lipinski definition) is 1. The molecule has 1 unspecified atom stereocenters. The number of carbonyl (C=O) groups is 1. The van der Waals surface area contributed by atoms with Crippen molar-refractivity contribution >= 4 is 23.3 Å². The molecule has 0 fully saturated rings. The van der Waals surface area contributed by atoms with E-state index in [4.69, 9.17) is 11.6 Å². The third-order valence-electron chi connectivity index (χ3n) is 3.76. The predicted molar refractivity (Wildman–Crippen MR) is 86.4 cm³/mol. The minimum Gasteiger partial charge on any atom is -0.478 e. The fraction of sp³-hybridized carbons (Fsp3) is 0.235. The Morgan fingerprint density at radius 1 is 1.19 bits per heavy atom. The Hall–Kier alpha value is -2.00. The summed E-state index contributed by atoms with van der Waals surface area (Å²) in [5, 5.41) is 10.1. The summed E-state index contributed by atoms with van der Waals surface area (Å²) in [7, 11) is 1.89. The van der Waals surface area contributed by atoms with Crippen LogP contribution in [0.2, 0.25) is 5.02 Å². The fourth-order valence-corrected chi connectivity index (χ4v) is 2.81. The van der Waals surface area contributed by atoms with Crippen LogP contribution < -0.4 is 4.90 Å². The molecular weight excluding hydrogens is 286 g/mol. The summed E-state index contributed by atoms with van der Waals surface area (Å²) in [6, 6.07) is 12.9. The molecule has 1 N–H and O–H groups in total. The van der Waals surface area contributed by atoms with Crippen molar-refractivity contribution in [2.24, 2.45) is 0 Å². The minimum atomic E-state index is -0.924. The second kappa shape index (κ2) is 6.19. The summed E-state index contributed by atoms with van der Waals surface area (Å²) >= 11 is 6.25. The summed E-state index contributed by atoms with van der Waals surface area (Å²) in [4.78, 5) is 13.4. The number of aryl methyl sites for hydroxylation is 1. The molecule has 0 saturated heterocycles. The number of benzene rings is 2. The Morgan fingerprint density at radius 2 is 1.86 bits per heavy atom. The van der Waals surface area contributed by atoms with Crippen LogP contribution in [0.15, 0.2) is 42.5 Å². The molecule has 0 aliphatic carbocycles. The van der Waals surface area contributed by atoms with Gasteiger partial charge < -0.3 is 10.0 Å². The number of nitrogens with zero attached hydrogens (tertiary/aromatic N) is 1. The van der Waals surface area contributed by atoms with Crippen LogP contribution in [0.4, 0.5) is 5.69 Å². The first-order valence-electron chi connectivity index (χ1n) is 6.73. The molecule has 4 heteroatoms. The summed E-state index contributed by atoms with van der Waals surface area (Å²) in [5.41, 5.74) is 2.92. The lowest BCUT2D eigenvalue weighted by molar-refractivity contribution is 0.0697. The van der Waals surface area contributed by atoms with Crippen LogP contribution in [0, 0.1) is 6.92 Å². The Labute approximate surface area is 129 Å². The van der Waals surface area contributed by atoms with Gasteiger partial charge in [-0.2, -0.15) is 0 Å². The van der Waals surface area contributed by atoms with Crippen LogP contribution in [0.25, 0.3) is 0 Å². The first-order chi connectivity index (χ1) is 9.93. The highest BCUT2D eigenvalue weighted by atomic mass is 35.5. The van der Waals surface area contributed by atoms with Gasteiger partial charge in [0.2, 0.25) is 0 Å². The predicted octanol–water partition coefficient (Wildman–Crippen LogP) is 4.54. The molecule has 2 aromatic carbocycles. The topological polar surface area (TPSA) is 40.5 Å². The van der Waals surface area contributed by atoms with Gasteiger partial charge in [0.25, 0.3) is 0 Å². The van der Waals surface area contributed by atoms with E-state index in [0.29, 0.717) is 10.6 Å². The van der Waals surface area contributed by atoms with Crippen LogP contribution in [-0.2, 0) is 0 Å². The molecule has 0 saturated carbocycles. The maximum atomic E-state index is 11.5. The molecule has 2 rings (SSSR count). The van der Waals surface area contributed by atoms with Crippen LogP contribution in [0.1, 0.15) is 34.5 Å². The van der Waals surface area contributed by atoms with Crippen molar-refractivity contribution < 1.29 is 9.90 Å². The van der Waals surface area contributed by atoms with Crippen LogP contribution in [0.3, 0.4) is 0 Å². The third kappa shape index (κ3) is 3.03. The number of halogens is 1. The molecule has 21 heavy (non-hydrogen) atoms. The zero-order chi connectivity index (χ0) is 15.6. The first-order valence-corrected chi connectivity index (χ1v) is 7.11. The van der Waals surface area contributed by atoms with E-state index in [-0.39, 0.29) is 6.04 Å². The highest BCUT2D eigenvalue weighted by Crippen LogP contribution is 2.33. The lowest BCUT2D eigenvalue weighted by atomic mass is 10.0. The normalized spacial score (nSPS) is 12.0. The molecule has 0 heterocycles. The van der Waals surface area contributed by atoms with E-state index in [1.54, 1.807) is 12.1 Å². The van der Waals surface area contributed by atoms with E-state index in [0.717, 1.165) is 16.8 Å². The van der Waals surface area contributed by atoms with Gasteiger partial charge in [-0.05, 0) is 37.1 Å². The molecule has 1 atom stereocenters. The number of aromatic carboxylic acids is 1. The Kier molecular flexibility index (Phi) is 4.53. The molecule has 0 radical (unpaired) electrons. The minimum absolute atomic E-state index is 0.0297. The third-order valence-corrected chi connectivity index (χ3v) is 4.10. The molecule has 0 spiro atoms. The van der Waals surface area contributed by atoms with Gasteiger partial charge in [-0.3, -0.25) is 0 Å². The average molecular weight is 304 g/mol. The maximum absolute atomic E-state index is 11.5. The molecule has 0 amide bonds. The van der Waals surface area contributed by atoms with Gasteiger partial charge in [-0.1, -0.05) is 41.9 Å². The number of para-hydroxylation sites is 1. The van der Waals surface area contributed by atoms with E-state index in [9.17, 15) is 9.90 Å². The molecule has 0 aliphatic rings. The van der Waals surface area contributed by atoms with E-state index >= 15 is 0 Å². The molecule has 0 aromatic heterocycles. The Balaban J connectivity index is 2.48. The lowest BCUT2D eigenvalue weighted by Gasteiger charge is -2.30. The zero-order valence-electron chi connectivity index (χ0n) is 12.3. The van der Waals surface area contributed by atoms with Crippen molar-refractivity contribution in [3.8, 4) is 0 Å². The van der Waals surface area contributed by atoms with Crippen molar-refractivity contribution in [3.63, 3.8) is 0 Å². The van der Waals surface area contributed by atoms with Crippen molar-refractivity contribution in [1.29, 1.82) is 0 Å². The van der Waals surface area contributed by atoms with E-state index < -0.39 is 5.97 Å². The molecular formula is C17H18ClNO2. The second-order valence-corrected chi connectivity index (χ2v) is 5.49. The molecule has 110 valence electrons. The smallest absolute Gasteiger partial charge is 0.337 e. The van der Waals surface area contributed by atoms with E-state index in [1.165, 1.54) is 0 Å². The van der Waals surface area contributed by atoms with Crippen molar-refractivity contribution in [2.45, 2.75) is 19.9 Å². The van der Waals surface area contributed by atoms with E-state index in [2.05, 4.69) is 0 Å². The van der Waals surface area contributed by atoms with E-state index in [1.807, 2.05) is 56.1 Å². The lowest BCUT2D eigenvalue weighted by Crippen LogP contribution is -2.25. The summed E-state index contributed by atoms with van der Waals surface area (Å²) in [6.45, 7) is 3.93. The van der Waals surface area contributed by atoms with Gasteiger partial charge in [0.15, 0.2) is 0 Å². The maximum Gasteiger partial charge on any atom is 0.337 e. The summed E-state index contributed by atoms with van der Waals surface area (Å²) in [5.74, 6) is -0.924. The molecule has 0 bridgehead atoms. The quantitative estimate of drug-likeness (QED) is 0.901. The number of rotatable bonds is 4. The number of carboxylic acids is 1. The van der Waals surface area contributed by atoms with Crippen LogP contribution >= 0.6 is 11.6 Å².